The molecule has 0 saturated heterocycles. The molecule has 0 N–H and O–H groups in total. The molecule has 1 fully saturated rings. The molecule has 0 spiro atoms. The molecule has 0 bridgehead atoms. The topological polar surface area (TPSA) is 48.0 Å². The number of rotatable bonds is 3. The first kappa shape index (κ1) is 12.4. The number of hydrogen-bond acceptors (Lipinski definition) is 3. The first-order chi connectivity index (χ1) is 7.87. The largest absolute Gasteiger partial charge is 0.437 e. The van der Waals surface area contributed by atoms with Crippen LogP contribution in [0.2, 0.25) is 0 Å². The van der Waals surface area contributed by atoms with E-state index in [1.165, 1.54) is 23.9 Å². The number of nitrogens with zero attached hydrogens (tertiary/aromatic N) is 2. The highest BCUT2D eigenvalue weighted by Gasteiger charge is 2.31. The van der Waals surface area contributed by atoms with Crippen LogP contribution in [0.4, 0.5) is 0 Å². The maximum atomic E-state index is 11.6. The van der Waals surface area contributed by atoms with E-state index in [2.05, 4.69) is 18.9 Å². The van der Waals surface area contributed by atoms with Gasteiger partial charge in [0.2, 0.25) is 5.89 Å². The Kier molecular flexibility index (Phi) is 3.15. The van der Waals surface area contributed by atoms with Crippen LogP contribution >= 0.6 is 0 Å². The second-order valence-corrected chi connectivity index (χ2v) is 6.32. The summed E-state index contributed by atoms with van der Waals surface area (Å²) in [4.78, 5) is 11.6. The highest BCUT2D eigenvalue weighted by molar-refractivity contribution is 4.85. The molecule has 4 heteroatoms. The zero-order valence-corrected chi connectivity index (χ0v) is 11.2. The summed E-state index contributed by atoms with van der Waals surface area (Å²) in [6.45, 7) is 9.25. The van der Waals surface area contributed by atoms with E-state index in [0.717, 1.165) is 0 Å². The minimum absolute atomic E-state index is 0.170. The fourth-order valence-electron chi connectivity index (χ4n) is 2.65. The van der Waals surface area contributed by atoms with Gasteiger partial charge in [-0.1, -0.05) is 27.7 Å². The van der Waals surface area contributed by atoms with Crippen molar-refractivity contribution in [3.63, 3.8) is 0 Å². The third-order valence-corrected chi connectivity index (χ3v) is 3.62. The van der Waals surface area contributed by atoms with Gasteiger partial charge in [-0.2, -0.15) is 4.68 Å². The third kappa shape index (κ3) is 2.79. The first-order valence-electron chi connectivity index (χ1n) is 6.45. The molecule has 0 aromatic carbocycles. The minimum atomic E-state index is -0.307. The maximum absolute atomic E-state index is 11.6. The van der Waals surface area contributed by atoms with Crippen molar-refractivity contribution < 1.29 is 4.42 Å². The molecule has 0 aliphatic heterocycles. The van der Waals surface area contributed by atoms with Gasteiger partial charge < -0.3 is 4.42 Å². The van der Waals surface area contributed by atoms with Crippen LogP contribution in [0.1, 0.15) is 58.8 Å². The second-order valence-electron chi connectivity index (χ2n) is 6.32. The van der Waals surface area contributed by atoms with Crippen molar-refractivity contribution in [2.75, 3.05) is 0 Å². The monoisotopic (exact) mass is 238 g/mol. The lowest BCUT2D eigenvalue weighted by Crippen LogP contribution is -2.21. The van der Waals surface area contributed by atoms with Crippen molar-refractivity contribution in [3.8, 4) is 0 Å². The Labute approximate surface area is 102 Å². The second kappa shape index (κ2) is 4.31. The van der Waals surface area contributed by atoms with Crippen LogP contribution in [0, 0.1) is 11.3 Å². The van der Waals surface area contributed by atoms with E-state index in [1.807, 2.05) is 13.8 Å². The molecule has 96 valence electrons. The van der Waals surface area contributed by atoms with Crippen LogP contribution in [-0.2, 0) is 6.54 Å². The molecule has 1 heterocycles. The maximum Gasteiger partial charge on any atom is 0.437 e. The predicted molar refractivity (Wildman–Crippen MR) is 66.0 cm³/mol. The van der Waals surface area contributed by atoms with Gasteiger partial charge in [0.25, 0.3) is 0 Å². The average Bonchev–Trinajstić information content (AvgIpc) is 2.72. The van der Waals surface area contributed by atoms with Gasteiger partial charge in [-0.15, -0.1) is 5.10 Å². The molecule has 1 aliphatic carbocycles. The van der Waals surface area contributed by atoms with E-state index in [0.29, 0.717) is 23.8 Å². The van der Waals surface area contributed by atoms with Crippen molar-refractivity contribution in [3.05, 3.63) is 16.4 Å². The lowest BCUT2D eigenvalue weighted by Gasteiger charge is -2.16. The molecule has 1 aliphatic rings. The summed E-state index contributed by atoms with van der Waals surface area (Å²) < 4.78 is 6.64. The van der Waals surface area contributed by atoms with E-state index in [4.69, 9.17) is 4.42 Å². The van der Waals surface area contributed by atoms with E-state index in [1.54, 1.807) is 0 Å². The zero-order chi connectivity index (χ0) is 12.6. The Balaban J connectivity index is 2.07. The lowest BCUT2D eigenvalue weighted by molar-refractivity contribution is 0.332. The van der Waals surface area contributed by atoms with Gasteiger partial charge in [-0.3, -0.25) is 0 Å². The summed E-state index contributed by atoms with van der Waals surface area (Å²) in [5, 5.41) is 4.26. The molecule has 4 nitrogen and oxygen atoms in total. The first-order valence-corrected chi connectivity index (χ1v) is 6.45. The van der Waals surface area contributed by atoms with Crippen LogP contribution in [0.5, 0.6) is 0 Å². The number of hydrogen-bond donors (Lipinski definition) is 0. The van der Waals surface area contributed by atoms with Gasteiger partial charge in [0.15, 0.2) is 0 Å². The molecule has 2 rings (SSSR count). The summed E-state index contributed by atoms with van der Waals surface area (Å²) in [6.07, 6.45) is 3.59. The van der Waals surface area contributed by atoms with Gasteiger partial charge in [0.1, 0.15) is 0 Å². The van der Waals surface area contributed by atoms with Crippen LogP contribution in [0.25, 0.3) is 0 Å². The van der Waals surface area contributed by atoms with Gasteiger partial charge in [-0.05, 0) is 30.6 Å². The average molecular weight is 238 g/mol. The van der Waals surface area contributed by atoms with E-state index in [-0.39, 0.29) is 11.7 Å². The van der Waals surface area contributed by atoms with Gasteiger partial charge in [0, 0.05) is 5.92 Å². The Hall–Kier alpha value is -1.06. The third-order valence-electron chi connectivity index (χ3n) is 3.62. The van der Waals surface area contributed by atoms with Crippen molar-refractivity contribution in [2.24, 2.45) is 11.3 Å². The molecule has 0 radical (unpaired) electrons. The molecular formula is C13H22N2O2. The minimum Gasteiger partial charge on any atom is -0.392 e. The van der Waals surface area contributed by atoms with Crippen LogP contribution in [-0.4, -0.2) is 9.78 Å². The summed E-state index contributed by atoms with van der Waals surface area (Å²) in [7, 11) is 0. The summed E-state index contributed by atoms with van der Waals surface area (Å²) in [5.74, 6) is 0.974. The Bertz CT molecular complexity index is 443. The SMILES string of the molecule is CC(C)c1nn(CC2CCC(C)(C)C2)c(=O)o1. The molecule has 1 atom stereocenters. The highest BCUT2D eigenvalue weighted by Crippen LogP contribution is 2.41. The Morgan fingerprint density at radius 1 is 1.53 bits per heavy atom. The van der Waals surface area contributed by atoms with E-state index in [9.17, 15) is 4.79 Å². The van der Waals surface area contributed by atoms with E-state index < -0.39 is 0 Å². The quantitative estimate of drug-likeness (QED) is 0.813. The van der Waals surface area contributed by atoms with Gasteiger partial charge in [0.05, 0.1) is 6.54 Å². The fraction of sp³-hybridized carbons (Fsp3) is 0.846. The summed E-state index contributed by atoms with van der Waals surface area (Å²) in [5.41, 5.74) is 0.416. The fourth-order valence-corrected chi connectivity index (χ4v) is 2.65. The standard InChI is InChI=1S/C13H22N2O2/c1-9(2)11-14-15(12(16)17-11)8-10-5-6-13(3,4)7-10/h9-10H,5-8H2,1-4H3. The smallest absolute Gasteiger partial charge is 0.392 e. The molecular weight excluding hydrogens is 216 g/mol. The van der Waals surface area contributed by atoms with Crippen LogP contribution < -0.4 is 5.76 Å². The van der Waals surface area contributed by atoms with Crippen molar-refractivity contribution in [2.45, 2.75) is 59.4 Å². The normalized spacial score (nSPS) is 23.5. The van der Waals surface area contributed by atoms with Gasteiger partial charge in [-0.25, -0.2) is 4.79 Å². The molecule has 0 amide bonds. The summed E-state index contributed by atoms with van der Waals surface area (Å²) in [6, 6.07) is 0. The number of aromatic nitrogens is 2. The van der Waals surface area contributed by atoms with Crippen molar-refractivity contribution in [1.82, 2.24) is 9.78 Å². The lowest BCUT2D eigenvalue weighted by atomic mass is 9.91. The molecule has 17 heavy (non-hydrogen) atoms. The summed E-state index contributed by atoms with van der Waals surface area (Å²) >= 11 is 0. The van der Waals surface area contributed by atoms with Crippen LogP contribution in [0.3, 0.4) is 0 Å². The molecule has 1 saturated carbocycles. The zero-order valence-electron chi connectivity index (χ0n) is 11.2. The van der Waals surface area contributed by atoms with Crippen molar-refractivity contribution >= 4 is 0 Å². The Morgan fingerprint density at radius 2 is 2.24 bits per heavy atom. The molecule has 1 unspecified atom stereocenters. The highest BCUT2D eigenvalue weighted by atomic mass is 16.4. The van der Waals surface area contributed by atoms with Crippen LogP contribution in [0.15, 0.2) is 9.21 Å². The van der Waals surface area contributed by atoms with Crippen molar-refractivity contribution in [1.29, 1.82) is 0 Å². The Morgan fingerprint density at radius 3 is 2.71 bits per heavy atom. The molecule has 1 aromatic heterocycles. The predicted octanol–water partition coefficient (Wildman–Crippen LogP) is 2.79. The van der Waals surface area contributed by atoms with E-state index >= 15 is 0 Å². The molecule has 1 aromatic rings. The van der Waals surface area contributed by atoms with Gasteiger partial charge >= 0.3 is 5.76 Å².